The Bertz CT molecular complexity index is 1370. The van der Waals surface area contributed by atoms with Gasteiger partial charge in [0.2, 0.25) is 5.91 Å². The van der Waals surface area contributed by atoms with Crippen molar-refractivity contribution in [3.05, 3.63) is 57.9 Å². The first kappa shape index (κ1) is 18.8. The largest absolute Gasteiger partial charge is 0.290 e. The van der Waals surface area contributed by atoms with Crippen molar-refractivity contribution in [1.82, 2.24) is 15.2 Å². The SMILES string of the molecule is O=C1NC(=O)/C(=C\c2ccc3nccc(-c4ccc(C5C6SC(=O)N5C6=O)s4)c3c2)S1. The Hall–Kier alpha value is -2.95. The average Bonchev–Trinajstić information content (AvgIpc) is 3.50. The van der Waals surface area contributed by atoms with Gasteiger partial charge in [0.1, 0.15) is 5.25 Å². The fraction of sp³-hybridized carbons (Fsp3) is 0.0952. The molecule has 2 unspecified atom stereocenters. The number of aromatic nitrogens is 1. The van der Waals surface area contributed by atoms with Crippen LogP contribution in [0.4, 0.5) is 9.59 Å². The zero-order valence-electron chi connectivity index (χ0n) is 15.5. The molecule has 6 heterocycles. The molecular weight excluding hydrogens is 454 g/mol. The number of hydrogen-bond acceptors (Lipinski definition) is 8. The van der Waals surface area contributed by atoms with Gasteiger partial charge < -0.3 is 0 Å². The van der Waals surface area contributed by atoms with Crippen LogP contribution in [0.25, 0.3) is 27.4 Å². The van der Waals surface area contributed by atoms with Crippen molar-refractivity contribution in [2.24, 2.45) is 0 Å². The Morgan fingerprint density at radius 2 is 1.94 bits per heavy atom. The predicted octanol–water partition coefficient (Wildman–Crippen LogP) is 4.41. The van der Waals surface area contributed by atoms with E-state index in [-0.39, 0.29) is 27.7 Å². The highest BCUT2D eigenvalue weighted by Crippen LogP contribution is 2.53. The molecule has 3 aromatic rings. The number of benzene rings is 1. The molecule has 2 aromatic heterocycles. The number of rotatable bonds is 3. The molecule has 1 N–H and O–H groups in total. The van der Waals surface area contributed by atoms with Crippen LogP contribution in [0.3, 0.4) is 0 Å². The highest BCUT2D eigenvalue weighted by molar-refractivity contribution is 8.18. The summed E-state index contributed by atoms with van der Waals surface area (Å²) in [6.07, 6.45) is 3.43. The van der Waals surface area contributed by atoms with Crippen LogP contribution in [0.1, 0.15) is 16.5 Å². The van der Waals surface area contributed by atoms with Crippen LogP contribution >= 0.6 is 34.9 Å². The number of fused-ring (bicyclic) bond motifs is 2. The Balaban J connectivity index is 1.39. The van der Waals surface area contributed by atoms with Gasteiger partial charge in [0, 0.05) is 26.9 Å². The molecule has 4 amide bonds. The van der Waals surface area contributed by atoms with Crippen molar-refractivity contribution in [3.8, 4) is 10.4 Å². The second-order valence-electron chi connectivity index (χ2n) is 7.15. The van der Waals surface area contributed by atoms with E-state index in [1.807, 2.05) is 36.4 Å². The molecular formula is C21H11N3O4S3. The maximum absolute atomic E-state index is 11.9. The Kier molecular flexibility index (Phi) is 4.11. The molecule has 2 bridgehead atoms. The number of thiophene rings is 1. The van der Waals surface area contributed by atoms with E-state index < -0.39 is 5.91 Å². The molecule has 0 spiro atoms. The summed E-state index contributed by atoms with van der Waals surface area (Å²) in [5.41, 5.74) is 2.58. The minimum absolute atomic E-state index is 0.103. The molecule has 0 aliphatic carbocycles. The summed E-state index contributed by atoms with van der Waals surface area (Å²) >= 11 is 3.54. The molecule has 4 fully saturated rings. The molecule has 7 nitrogen and oxygen atoms in total. The lowest BCUT2D eigenvalue weighted by Crippen LogP contribution is -2.50. The number of carbonyl (C=O) groups is 4. The Morgan fingerprint density at radius 1 is 1.06 bits per heavy atom. The van der Waals surface area contributed by atoms with Gasteiger partial charge >= 0.3 is 0 Å². The normalized spacial score (nSPS) is 23.7. The molecule has 4 saturated heterocycles. The lowest BCUT2D eigenvalue weighted by molar-refractivity contribution is -0.137. The van der Waals surface area contributed by atoms with Crippen molar-refractivity contribution in [2.45, 2.75) is 11.3 Å². The molecule has 0 radical (unpaired) electrons. The number of nitrogens with zero attached hydrogens (tertiary/aromatic N) is 2. The lowest BCUT2D eigenvalue weighted by atomic mass is 10.0. The Morgan fingerprint density at radius 3 is 2.65 bits per heavy atom. The van der Waals surface area contributed by atoms with Crippen molar-refractivity contribution in [2.75, 3.05) is 0 Å². The van der Waals surface area contributed by atoms with Gasteiger partial charge in [-0.1, -0.05) is 6.07 Å². The number of pyridine rings is 1. The van der Waals surface area contributed by atoms with Crippen LogP contribution in [0.15, 0.2) is 47.5 Å². The summed E-state index contributed by atoms with van der Waals surface area (Å²) in [4.78, 5) is 55.2. The highest BCUT2D eigenvalue weighted by Gasteiger charge is 2.60. The summed E-state index contributed by atoms with van der Waals surface area (Å²) in [6.45, 7) is 0. The van der Waals surface area contributed by atoms with Gasteiger partial charge in [-0.05, 0) is 65.5 Å². The number of carbonyl (C=O) groups excluding carboxylic acids is 4. The van der Waals surface area contributed by atoms with E-state index in [0.717, 1.165) is 55.3 Å². The quantitative estimate of drug-likeness (QED) is 0.452. The predicted molar refractivity (Wildman–Crippen MR) is 121 cm³/mol. The van der Waals surface area contributed by atoms with E-state index in [4.69, 9.17) is 0 Å². The van der Waals surface area contributed by atoms with Crippen molar-refractivity contribution in [1.29, 1.82) is 0 Å². The zero-order valence-corrected chi connectivity index (χ0v) is 18.0. The molecule has 31 heavy (non-hydrogen) atoms. The molecule has 0 saturated carbocycles. The standard InChI is InChI=1S/C21H11N3O4S3/c25-18-15(30-20(27)23-18)8-9-1-2-12-11(7-9)10(5-6-22-12)13-3-4-14(29-13)16-17-19(26)24(16)21(28)31-17/h1-8,16-17H,(H,23,25,27)/b15-8+. The maximum atomic E-state index is 11.9. The zero-order chi connectivity index (χ0) is 21.3. The fourth-order valence-electron chi connectivity index (χ4n) is 3.92. The van der Waals surface area contributed by atoms with Gasteiger partial charge in [0.05, 0.1) is 16.5 Å². The van der Waals surface area contributed by atoms with Gasteiger partial charge in [-0.3, -0.25) is 34.4 Å². The summed E-state index contributed by atoms with van der Waals surface area (Å²) in [5.74, 6) is -0.495. The van der Waals surface area contributed by atoms with E-state index in [0.29, 0.717) is 4.91 Å². The first-order valence-electron chi connectivity index (χ1n) is 9.27. The second kappa shape index (κ2) is 6.78. The van der Waals surface area contributed by atoms with Crippen molar-refractivity contribution in [3.63, 3.8) is 0 Å². The van der Waals surface area contributed by atoms with E-state index in [2.05, 4.69) is 10.3 Å². The van der Waals surface area contributed by atoms with Gasteiger partial charge in [0.25, 0.3) is 16.4 Å². The molecule has 4 aliphatic heterocycles. The van der Waals surface area contributed by atoms with E-state index >= 15 is 0 Å². The molecule has 4 aliphatic rings. The number of imide groups is 2. The van der Waals surface area contributed by atoms with Gasteiger partial charge in [0.15, 0.2) is 0 Å². The number of hydrogen-bond donors (Lipinski definition) is 1. The molecule has 1 aromatic carbocycles. The average molecular weight is 466 g/mol. The lowest BCUT2D eigenvalue weighted by Gasteiger charge is -2.33. The fourth-order valence-corrected chi connectivity index (χ4v) is 7.01. The molecule has 10 heteroatoms. The number of thioether (sulfide) groups is 2. The van der Waals surface area contributed by atoms with Crippen LogP contribution in [0.2, 0.25) is 0 Å². The highest BCUT2D eigenvalue weighted by atomic mass is 32.2. The smallest absolute Gasteiger partial charge is 0.282 e. The number of nitrogens with one attached hydrogen (secondary N) is 1. The molecule has 152 valence electrons. The monoisotopic (exact) mass is 465 g/mol. The topological polar surface area (TPSA) is 96.4 Å². The van der Waals surface area contributed by atoms with Crippen molar-refractivity contribution >= 4 is 74.1 Å². The number of β-lactam (4-membered cyclic amide) rings is 1. The van der Waals surface area contributed by atoms with Crippen LogP contribution in [0, 0.1) is 0 Å². The summed E-state index contributed by atoms with van der Waals surface area (Å²) in [6, 6.07) is 11.4. The van der Waals surface area contributed by atoms with Gasteiger partial charge in [-0.25, -0.2) is 0 Å². The van der Waals surface area contributed by atoms with E-state index in [1.54, 1.807) is 23.6 Å². The first-order valence-corrected chi connectivity index (χ1v) is 11.8. The van der Waals surface area contributed by atoms with E-state index in [1.165, 1.54) is 4.90 Å². The van der Waals surface area contributed by atoms with Crippen LogP contribution in [-0.4, -0.2) is 37.4 Å². The van der Waals surface area contributed by atoms with Crippen molar-refractivity contribution < 1.29 is 19.2 Å². The third-order valence-corrected chi connectivity index (χ3v) is 8.47. The van der Waals surface area contributed by atoms with Crippen LogP contribution in [-0.2, 0) is 9.59 Å². The van der Waals surface area contributed by atoms with E-state index in [9.17, 15) is 19.2 Å². The summed E-state index contributed by atoms with van der Waals surface area (Å²) < 4.78 is 0. The van der Waals surface area contributed by atoms with Crippen LogP contribution in [0.5, 0.6) is 0 Å². The maximum Gasteiger partial charge on any atom is 0.290 e. The summed E-state index contributed by atoms with van der Waals surface area (Å²) in [7, 11) is 0. The number of amides is 4. The first-order chi connectivity index (χ1) is 15.0. The second-order valence-corrected chi connectivity index (χ2v) is 10.4. The third kappa shape index (κ3) is 2.86. The molecule has 2 atom stereocenters. The minimum Gasteiger partial charge on any atom is -0.282 e. The Labute approximate surface area is 187 Å². The minimum atomic E-state index is -0.392. The van der Waals surface area contributed by atoms with Crippen LogP contribution < -0.4 is 5.32 Å². The molecule has 7 rings (SSSR count). The summed E-state index contributed by atoms with van der Waals surface area (Å²) in [5, 5.41) is 2.32. The third-order valence-electron chi connectivity index (χ3n) is 5.36. The van der Waals surface area contributed by atoms with Gasteiger partial charge in [-0.15, -0.1) is 11.3 Å². The van der Waals surface area contributed by atoms with Gasteiger partial charge in [-0.2, -0.15) is 0 Å².